The van der Waals surface area contributed by atoms with Gasteiger partial charge in [0.05, 0.1) is 17.7 Å². The highest BCUT2D eigenvalue weighted by molar-refractivity contribution is 5.92. The van der Waals surface area contributed by atoms with Gasteiger partial charge in [0.15, 0.2) is 0 Å². The molecule has 2 heterocycles. The average Bonchev–Trinajstić information content (AvgIpc) is 3.05. The summed E-state index contributed by atoms with van der Waals surface area (Å²) in [6, 6.07) is 5.43. The number of methoxy groups -OCH3 is 1. The molecule has 0 unspecified atom stereocenters. The summed E-state index contributed by atoms with van der Waals surface area (Å²) in [6.45, 7) is 3.54. The molecule has 6 nitrogen and oxygen atoms in total. The summed E-state index contributed by atoms with van der Waals surface area (Å²) in [5.74, 6) is 0.814. The second kappa shape index (κ2) is 7.91. The van der Waals surface area contributed by atoms with Crippen LogP contribution < -0.4 is 5.32 Å². The van der Waals surface area contributed by atoms with Crippen molar-refractivity contribution >= 4 is 16.6 Å². The number of ether oxygens (including phenoxy) is 1. The second-order valence-electron chi connectivity index (χ2n) is 6.15. The number of alkyl halides is 3. The number of fused-ring (bicyclic) bond motifs is 1. The van der Waals surface area contributed by atoms with Crippen molar-refractivity contribution in [3.05, 3.63) is 47.7 Å². The third kappa shape index (κ3) is 4.54. The SMILES string of the molecule is COCCn1cnnc1CCNc1cc(C)nc2cc(C(F)(F)F)ccc12. The van der Waals surface area contributed by atoms with Crippen molar-refractivity contribution in [2.24, 2.45) is 0 Å². The van der Waals surface area contributed by atoms with Gasteiger partial charge in [0.25, 0.3) is 0 Å². The minimum absolute atomic E-state index is 0.315. The van der Waals surface area contributed by atoms with Crippen LogP contribution in [0.15, 0.2) is 30.6 Å². The van der Waals surface area contributed by atoms with Crippen LogP contribution in [0.4, 0.5) is 18.9 Å². The van der Waals surface area contributed by atoms with Gasteiger partial charge in [-0.05, 0) is 25.1 Å². The van der Waals surface area contributed by atoms with Crippen molar-refractivity contribution in [2.75, 3.05) is 25.6 Å². The predicted octanol–water partition coefficient (Wildman–Crippen LogP) is 3.45. The Morgan fingerprint density at radius 3 is 2.78 bits per heavy atom. The topological polar surface area (TPSA) is 64.9 Å². The quantitative estimate of drug-likeness (QED) is 0.681. The maximum Gasteiger partial charge on any atom is 0.416 e. The van der Waals surface area contributed by atoms with Crippen molar-refractivity contribution in [1.82, 2.24) is 19.7 Å². The molecule has 0 atom stereocenters. The Morgan fingerprint density at radius 2 is 2.04 bits per heavy atom. The Kier molecular flexibility index (Phi) is 5.59. The third-order valence-electron chi connectivity index (χ3n) is 4.16. The number of rotatable bonds is 7. The fourth-order valence-electron chi connectivity index (χ4n) is 2.84. The Morgan fingerprint density at radius 1 is 1.22 bits per heavy atom. The monoisotopic (exact) mass is 379 g/mol. The van der Waals surface area contributed by atoms with Gasteiger partial charge in [-0.2, -0.15) is 13.2 Å². The number of anilines is 1. The molecule has 2 aromatic heterocycles. The fourth-order valence-corrected chi connectivity index (χ4v) is 2.84. The van der Waals surface area contributed by atoms with Crippen LogP contribution in [0.5, 0.6) is 0 Å². The van der Waals surface area contributed by atoms with E-state index < -0.39 is 11.7 Å². The van der Waals surface area contributed by atoms with Crippen molar-refractivity contribution in [1.29, 1.82) is 0 Å². The lowest BCUT2D eigenvalue weighted by Crippen LogP contribution is -2.13. The molecular formula is C18H20F3N5O. The van der Waals surface area contributed by atoms with Crippen LogP contribution in [0.3, 0.4) is 0 Å². The van der Waals surface area contributed by atoms with Gasteiger partial charge in [-0.1, -0.05) is 6.07 Å². The normalized spacial score (nSPS) is 11.9. The van der Waals surface area contributed by atoms with Gasteiger partial charge < -0.3 is 14.6 Å². The summed E-state index contributed by atoms with van der Waals surface area (Å²) < 4.78 is 45.8. The van der Waals surface area contributed by atoms with E-state index in [-0.39, 0.29) is 0 Å². The maximum atomic E-state index is 12.9. The van der Waals surface area contributed by atoms with Crippen LogP contribution >= 0.6 is 0 Å². The first kappa shape index (κ1) is 19.1. The average molecular weight is 379 g/mol. The zero-order chi connectivity index (χ0) is 19.4. The van der Waals surface area contributed by atoms with E-state index in [4.69, 9.17) is 4.74 Å². The Balaban J connectivity index is 1.76. The minimum atomic E-state index is -4.39. The summed E-state index contributed by atoms with van der Waals surface area (Å²) >= 11 is 0. The molecule has 0 spiro atoms. The number of benzene rings is 1. The van der Waals surface area contributed by atoms with Gasteiger partial charge in [0.1, 0.15) is 12.2 Å². The van der Waals surface area contributed by atoms with Gasteiger partial charge in [-0.3, -0.25) is 4.98 Å². The van der Waals surface area contributed by atoms with Gasteiger partial charge >= 0.3 is 6.18 Å². The summed E-state index contributed by atoms with van der Waals surface area (Å²) in [6.07, 6.45) is -2.12. The molecule has 0 amide bonds. The Hall–Kier alpha value is -2.68. The molecule has 0 aliphatic heterocycles. The number of pyridine rings is 1. The Bertz CT molecular complexity index is 923. The molecule has 0 radical (unpaired) electrons. The lowest BCUT2D eigenvalue weighted by Gasteiger charge is -2.13. The molecule has 0 aliphatic carbocycles. The summed E-state index contributed by atoms with van der Waals surface area (Å²) in [7, 11) is 1.63. The standard InChI is InChI=1S/C18H20F3N5O/c1-12-9-15(14-4-3-13(18(19,20)21)10-16(14)24-12)22-6-5-17-25-23-11-26(17)7-8-27-2/h3-4,9-11H,5-8H2,1-2H3,(H,22,24). The molecule has 0 bridgehead atoms. The van der Waals surface area contributed by atoms with E-state index in [0.717, 1.165) is 23.6 Å². The molecule has 1 N–H and O–H groups in total. The number of aryl methyl sites for hydroxylation is 1. The zero-order valence-corrected chi connectivity index (χ0v) is 15.0. The zero-order valence-electron chi connectivity index (χ0n) is 15.0. The lowest BCUT2D eigenvalue weighted by atomic mass is 10.1. The van der Waals surface area contributed by atoms with Gasteiger partial charge in [-0.15, -0.1) is 10.2 Å². The second-order valence-corrected chi connectivity index (χ2v) is 6.15. The summed E-state index contributed by atoms with van der Waals surface area (Å²) in [4.78, 5) is 4.24. The summed E-state index contributed by atoms with van der Waals surface area (Å²) in [5, 5.41) is 11.9. The number of halogens is 3. The highest BCUT2D eigenvalue weighted by Crippen LogP contribution is 2.33. The number of nitrogens with one attached hydrogen (secondary N) is 1. The number of aromatic nitrogens is 4. The Labute approximate surface area is 154 Å². The van der Waals surface area contributed by atoms with Crippen LogP contribution in [0.25, 0.3) is 10.9 Å². The van der Waals surface area contributed by atoms with E-state index in [1.165, 1.54) is 6.07 Å². The van der Waals surface area contributed by atoms with Crippen molar-refractivity contribution in [3.8, 4) is 0 Å². The van der Waals surface area contributed by atoms with Gasteiger partial charge in [0.2, 0.25) is 0 Å². The molecule has 3 aromatic rings. The van der Waals surface area contributed by atoms with Crippen LogP contribution in [0, 0.1) is 6.92 Å². The van der Waals surface area contributed by atoms with Crippen LogP contribution in [-0.2, 0) is 23.9 Å². The first-order valence-corrected chi connectivity index (χ1v) is 8.46. The first-order chi connectivity index (χ1) is 12.9. The molecule has 27 heavy (non-hydrogen) atoms. The molecule has 1 aromatic carbocycles. The molecule has 9 heteroatoms. The summed E-state index contributed by atoms with van der Waals surface area (Å²) in [5.41, 5.74) is 1.00. The molecule has 0 fully saturated rings. The lowest BCUT2D eigenvalue weighted by molar-refractivity contribution is -0.137. The fraction of sp³-hybridized carbons (Fsp3) is 0.389. The largest absolute Gasteiger partial charge is 0.416 e. The number of hydrogen-bond acceptors (Lipinski definition) is 5. The highest BCUT2D eigenvalue weighted by atomic mass is 19.4. The predicted molar refractivity (Wildman–Crippen MR) is 95.6 cm³/mol. The van der Waals surface area contributed by atoms with E-state index in [1.54, 1.807) is 20.4 Å². The van der Waals surface area contributed by atoms with Crippen LogP contribution in [0.2, 0.25) is 0 Å². The minimum Gasteiger partial charge on any atom is -0.384 e. The van der Waals surface area contributed by atoms with Gasteiger partial charge in [0, 0.05) is 43.4 Å². The smallest absolute Gasteiger partial charge is 0.384 e. The number of hydrogen-bond donors (Lipinski definition) is 1. The van der Waals surface area contributed by atoms with Crippen LogP contribution in [0.1, 0.15) is 17.1 Å². The highest BCUT2D eigenvalue weighted by Gasteiger charge is 2.30. The van der Waals surface area contributed by atoms with E-state index >= 15 is 0 Å². The van der Waals surface area contributed by atoms with Crippen molar-refractivity contribution < 1.29 is 17.9 Å². The molecule has 0 saturated carbocycles. The van der Waals surface area contributed by atoms with E-state index in [1.807, 2.05) is 10.6 Å². The van der Waals surface area contributed by atoms with Crippen molar-refractivity contribution in [2.45, 2.75) is 26.1 Å². The molecule has 3 rings (SSSR count). The van der Waals surface area contributed by atoms with E-state index in [2.05, 4.69) is 20.5 Å². The molecular weight excluding hydrogens is 359 g/mol. The van der Waals surface area contributed by atoms with Crippen LogP contribution in [-0.4, -0.2) is 40.0 Å². The molecule has 0 saturated heterocycles. The van der Waals surface area contributed by atoms with E-state index in [9.17, 15) is 13.2 Å². The molecule has 0 aliphatic rings. The molecule has 144 valence electrons. The number of nitrogens with zero attached hydrogens (tertiary/aromatic N) is 4. The first-order valence-electron chi connectivity index (χ1n) is 8.46. The third-order valence-corrected chi connectivity index (χ3v) is 4.16. The maximum absolute atomic E-state index is 12.9. The van der Waals surface area contributed by atoms with Crippen molar-refractivity contribution in [3.63, 3.8) is 0 Å². The van der Waals surface area contributed by atoms with E-state index in [0.29, 0.717) is 42.7 Å². The van der Waals surface area contributed by atoms with Gasteiger partial charge in [-0.25, -0.2) is 0 Å².